The van der Waals surface area contributed by atoms with Gasteiger partial charge >= 0.3 is 0 Å². The third-order valence-corrected chi connectivity index (χ3v) is 2.14. The summed E-state index contributed by atoms with van der Waals surface area (Å²) in [6, 6.07) is 8.19. The summed E-state index contributed by atoms with van der Waals surface area (Å²) in [5.74, 6) is 0. The van der Waals surface area contributed by atoms with Crippen LogP contribution in [-0.4, -0.2) is 9.55 Å². The van der Waals surface area contributed by atoms with Gasteiger partial charge in [0.05, 0.1) is 12.0 Å². The van der Waals surface area contributed by atoms with Gasteiger partial charge in [-0.2, -0.15) is 0 Å². The minimum absolute atomic E-state index is 1.03. The van der Waals surface area contributed by atoms with Crippen molar-refractivity contribution in [2.45, 2.75) is 6.92 Å². The highest BCUT2D eigenvalue weighted by atomic mass is 15.0. The Kier molecular flexibility index (Phi) is 2.19. The van der Waals surface area contributed by atoms with E-state index in [-0.39, 0.29) is 0 Å². The van der Waals surface area contributed by atoms with Gasteiger partial charge in [-0.15, -0.1) is 0 Å². The first-order chi connectivity index (χ1) is 6.79. The van der Waals surface area contributed by atoms with Crippen LogP contribution in [0.4, 0.5) is 0 Å². The molecule has 0 aliphatic rings. The summed E-state index contributed by atoms with van der Waals surface area (Å²) in [5.41, 5.74) is 3.28. The summed E-state index contributed by atoms with van der Waals surface area (Å²) in [7, 11) is 0. The van der Waals surface area contributed by atoms with E-state index in [4.69, 9.17) is 0 Å². The predicted octanol–water partition coefficient (Wildman–Crippen LogP) is 2.82. The van der Waals surface area contributed by atoms with Gasteiger partial charge in [-0.1, -0.05) is 24.8 Å². The second-order valence-corrected chi connectivity index (χ2v) is 3.22. The highest BCUT2D eigenvalue weighted by Crippen LogP contribution is 2.10. The second-order valence-electron chi connectivity index (χ2n) is 3.22. The Hall–Kier alpha value is -1.83. The molecule has 0 aliphatic carbocycles. The van der Waals surface area contributed by atoms with E-state index in [9.17, 15) is 0 Å². The Morgan fingerprint density at radius 3 is 2.50 bits per heavy atom. The molecular formula is C12H12N2. The van der Waals surface area contributed by atoms with Crippen LogP contribution in [0, 0.1) is 6.92 Å². The molecule has 1 heterocycles. The number of imidazole rings is 1. The molecule has 2 heteroatoms. The molecule has 0 aliphatic heterocycles. The van der Waals surface area contributed by atoms with Crippen LogP contribution in [0.3, 0.4) is 0 Å². The zero-order valence-electron chi connectivity index (χ0n) is 8.14. The summed E-state index contributed by atoms with van der Waals surface area (Å²) >= 11 is 0. The van der Waals surface area contributed by atoms with Crippen molar-refractivity contribution in [2.24, 2.45) is 0 Å². The van der Waals surface area contributed by atoms with E-state index in [1.807, 2.05) is 42.2 Å². The highest BCUT2D eigenvalue weighted by Gasteiger charge is 1.96. The third kappa shape index (κ3) is 1.59. The molecule has 1 aromatic carbocycles. The van der Waals surface area contributed by atoms with Crippen LogP contribution in [0.25, 0.3) is 11.8 Å². The van der Waals surface area contributed by atoms with E-state index in [1.54, 1.807) is 0 Å². The van der Waals surface area contributed by atoms with Gasteiger partial charge in [-0.3, -0.25) is 0 Å². The van der Waals surface area contributed by atoms with Crippen molar-refractivity contribution in [3.05, 3.63) is 54.6 Å². The van der Waals surface area contributed by atoms with E-state index in [1.165, 1.54) is 0 Å². The van der Waals surface area contributed by atoms with Crippen LogP contribution in [0.1, 0.15) is 11.3 Å². The Bertz CT molecular complexity index is 438. The first kappa shape index (κ1) is 8.75. The monoisotopic (exact) mass is 184 g/mol. The SMILES string of the molecule is C=Cc1ccc(-n2cnc(C)c2)cc1. The number of benzene rings is 1. The zero-order chi connectivity index (χ0) is 9.97. The van der Waals surface area contributed by atoms with Gasteiger partial charge < -0.3 is 4.57 Å². The van der Waals surface area contributed by atoms with Gasteiger partial charge in [-0.25, -0.2) is 4.98 Å². The van der Waals surface area contributed by atoms with Crippen LogP contribution in [-0.2, 0) is 0 Å². The fourth-order valence-corrected chi connectivity index (χ4v) is 1.34. The van der Waals surface area contributed by atoms with Crippen molar-refractivity contribution in [1.29, 1.82) is 0 Å². The largest absolute Gasteiger partial charge is 0.306 e. The van der Waals surface area contributed by atoms with Crippen LogP contribution in [0.15, 0.2) is 43.4 Å². The van der Waals surface area contributed by atoms with Gasteiger partial charge in [0.15, 0.2) is 0 Å². The molecule has 70 valence electrons. The predicted molar refractivity (Wildman–Crippen MR) is 58.4 cm³/mol. The highest BCUT2D eigenvalue weighted by molar-refractivity contribution is 5.49. The Balaban J connectivity index is 2.38. The van der Waals surface area contributed by atoms with E-state index in [0.29, 0.717) is 0 Å². The van der Waals surface area contributed by atoms with Gasteiger partial charge in [0.25, 0.3) is 0 Å². The third-order valence-electron chi connectivity index (χ3n) is 2.14. The minimum Gasteiger partial charge on any atom is -0.306 e. The maximum atomic E-state index is 4.18. The molecule has 0 saturated heterocycles. The van der Waals surface area contributed by atoms with E-state index in [2.05, 4.69) is 23.7 Å². The van der Waals surface area contributed by atoms with E-state index >= 15 is 0 Å². The summed E-state index contributed by atoms with van der Waals surface area (Å²) in [4.78, 5) is 4.18. The molecule has 0 radical (unpaired) electrons. The van der Waals surface area contributed by atoms with Gasteiger partial charge in [0, 0.05) is 11.9 Å². The van der Waals surface area contributed by atoms with Crippen LogP contribution < -0.4 is 0 Å². The fourth-order valence-electron chi connectivity index (χ4n) is 1.34. The minimum atomic E-state index is 1.03. The molecule has 0 unspecified atom stereocenters. The molecule has 2 aromatic rings. The molecular weight excluding hydrogens is 172 g/mol. The molecule has 2 rings (SSSR count). The molecule has 0 N–H and O–H groups in total. The lowest BCUT2D eigenvalue weighted by atomic mass is 10.2. The lowest BCUT2D eigenvalue weighted by Crippen LogP contribution is -1.88. The topological polar surface area (TPSA) is 17.8 Å². The summed E-state index contributed by atoms with van der Waals surface area (Å²) in [6.45, 7) is 5.70. The Morgan fingerprint density at radius 2 is 2.00 bits per heavy atom. The fraction of sp³-hybridized carbons (Fsp3) is 0.0833. The number of aromatic nitrogens is 2. The van der Waals surface area contributed by atoms with Crippen molar-refractivity contribution < 1.29 is 0 Å². The molecule has 0 saturated carbocycles. The van der Waals surface area contributed by atoms with Crippen molar-refractivity contribution in [1.82, 2.24) is 9.55 Å². The van der Waals surface area contributed by atoms with Crippen LogP contribution in [0.2, 0.25) is 0 Å². The van der Waals surface area contributed by atoms with Gasteiger partial charge in [-0.05, 0) is 24.6 Å². The second kappa shape index (κ2) is 3.50. The molecule has 1 aromatic heterocycles. The number of hydrogen-bond acceptors (Lipinski definition) is 1. The normalized spacial score (nSPS) is 10.1. The Morgan fingerprint density at radius 1 is 1.29 bits per heavy atom. The van der Waals surface area contributed by atoms with Crippen LogP contribution >= 0.6 is 0 Å². The molecule has 14 heavy (non-hydrogen) atoms. The maximum absolute atomic E-state index is 4.18. The smallest absolute Gasteiger partial charge is 0.0995 e. The summed E-state index contributed by atoms with van der Waals surface area (Å²) < 4.78 is 2.00. The molecule has 0 amide bonds. The number of rotatable bonds is 2. The van der Waals surface area contributed by atoms with Gasteiger partial charge in [0.2, 0.25) is 0 Å². The summed E-state index contributed by atoms with van der Waals surface area (Å²) in [5, 5.41) is 0. The molecule has 0 spiro atoms. The number of aryl methyl sites for hydroxylation is 1. The van der Waals surface area contributed by atoms with E-state index in [0.717, 1.165) is 16.9 Å². The average molecular weight is 184 g/mol. The first-order valence-electron chi connectivity index (χ1n) is 4.53. The first-order valence-corrected chi connectivity index (χ1v) is 4.53. The van der Waals surface area contributed by atoms with Crippen molar-refractivity contribution in [3.63, 3.8) is 0 Å². The van der Waals surface area contributed by atoms with Crippen molar-refractivity contribution in [3.8, 4) is 5.69 Å². The lowest BCUT2D eigenvalue weighted by Gasteiger charge is -2.01. The van der Waals surface area contributed by atoms with Crippen molar-refractivity contribution >= 4 is 6.08 Å². The standard InChI is InChI=1S/C12H12N2/c1-3-11-4-6-12(7-5-11)14-8-10(2)13-9-14/h3-9H,1H2,2H3. The average Bonchev–Trinajstić information content (AvgIpc) is 2.65. The molecule has 0 fully saturated rings. The zero-order valence-corrected chi connectivity index (χ0v) is 8.14. The van der Waals surface area contributed by atoms with Crippen LogP contribution in [0.5, 0.6) is 0 Å². The lowest BCUT2D eigenvalue weighted by molar-refractivity contribution is 1.06. The van der Waals surface area contributed by atoms with Crippen molar-refractivity contribution in [2.75, 3.05) is 0 Å². The van der Waals surface area contributed by atoms with E-state index < -0.39 is 0 Å². The van der Waals surface area contributed by atoms with Gasteiger partial charge in [0.1, 0.15) is 0 Å². The molecule has 0 atom stereocenters. The number of hydrogen-bond donors (Lipinski definition) is 0. The quantitative estimate of drug-likeness (QED) is 0.701. The number of nitrogens with zero attached hydrogens (tertiary/aromatic N) is 2. The molecule has 0 bridgehead atoms. The Labute approximate surface area is 83.5 Å². The molecule has 2 nitrogen and oxygen atoms in total. The summed E-state index contributed by atoms with van der Waals surface area (Å²) in [6.07, 6.45) is 5.66. The maximum Gasteiger partial charge on any atom is 0.0995 e.